The fourth-order valence-electron chi connectivity index (χ4n) is 3.04. The smallest absolute Gasteiger partial charge is 0.102 e. The van der Waals surface area contributed by atoms with Crippen LogP contribution in [0, 0.1) is 5.92 Å². The molecule has 2 rings (SSSR count). The van der Waals surface area contributed by atoms with E-state index in [0.717, 1.165) is 0 Å². The molecule has 0 aromatic heterocycles. The van der Waals surface area contributed by atoms with Crippen molar-refractivity contribution in [2.24, 2.45) is 5.92 Å². The van der Waals surface area contributed by atoms with E-state index in [0.29, 0.717) is 5.92 Å². The zero-order valence-electron chi connectivity index (χ0n) is 15.9. The molecule has 0 N–H and O–H groups in total. The van der Waals surface area contributed by atoms with E-state index in [2.05, 4.69) is 101 Å². The molecule has 130 valence electrons. The molecule has 0 spiro atoms. The van der Waals surface area contributed by atoms with Gasteiger partial charge in [0.1, 0.15) is 6.10 Å². The molecule has 2 nitrogen and oxygen atoms in total. The van der Waals surface area contributed by atoms with Gasteiger partial charge in [-0.05, 0) is 44.7 Å². The second-order valence-electron chi connectivity index (χ2n) is 7.75. The van der Waals surface area contributed by atoms with Crippen LogP contribution in [0.1, 0.15) is 64.8 Å². The quantitative estimate of drug-likeness (QED) is 0.588. The Labute approximate surface area is 147 Å². The van der Waals surface area contributed by atoms with Gasteiger partial charge >= 0.3 is 0 Å². The number of hydrogen-bond donors (Lipinski definition) is 0. The van der Waals surface area contributed by atoms with Gasteiger partial charge in [-0.2, -0.15) is 5.06 Å². The van der Waals surface area contributed by atoms with Crippen LogP contribution in [0.5, 0.6) is 0 Å². The summed E-state index contributed by atoms with van der Waals surface area (Å²) in [6, 6.07) is 21.3. The largest absolute Gasteiger partial charge is 0.290 e. The zero-order valence-corrected chi connectivity index (χ0v) is 15.9. The molecule has 0 saturated carbocycles. The van der Waals surface area contributed by atoms with Crippen LogP contribution in [-0.2, 0) is 4.84 Å². The fourth-order valence-corrected chi connectivity index (χ4v) is 3.04. The van der Waals surface area contributed by atoms with Crippen molar-refractivity contribution < 1.29 is 4.84 Å². The number of benzene rings is 2. The maximum absolute atomic E-state index is 6.51. The number of hydrogen-bond acceptors (Lipinski definition) is 2. The molecule has 2 heteroatoms. The lowest BCUT2D eigenvalue weighted by Gasteiger charge is -2.43. The Hall–Kier alpha value is -1.64. The Bertz CT molecular complexity index is 601. The maximum atomic E-state index is 6.51. The molecular weight excluding hydrogens is 294 g/mol. The fraction of sp³-hybridized carbons (Fsp3) is 0.455. The Balaban J connectivity index is 2.33. The zero-order chi connectivity index (χ0) is 17.7. The van der Waals surface area contributed by atoms with Crippen molar-refractivity contribution in [2.45, 2.75) is 59.2 Å². The first kappa shape index (κ1) is 18.7. The predicted octanol–water partition coefficient (Wildman–Crippen LogP) is 6.18. The van der Waals surface area contributed by atoms with E-state index in [9.17, 15) is 0 Å². The van der Waals surface area contributed by atoms with E-state index in [-0.39, 0.29) is 17.7 Å². The summed E-state index contributed by atoms with van der Waals surface area (Å²) < 4.78 is 0. The monoisotopic (exact) mass is 325 g/mol. The Morgan fingerprint density at radius 2 is 1.21 bits per heavy atom. The summed E-state index contributed by atoms with van der Waals surface area (Å²) in [6.45, 7) is 13.3. The summed E-state index contributed by atoms with van der Waals surface area (Å²) in [5.74, 6) is 0.439. The standard InChI is InChI=1S/C22H31NO/c1-17(2)21(20-15-11-8-12-16-20)23(22(4,5)6)24-18(3)19-13-9-7-10-14-19/h7-18,21H,1-6H3/t18-,21+/m1/s1. The lowest BCUT2D eigenvalue weighted by Crippen LogP contribution is -2.46. The van der Waals surface area contributed by atoms with Crippen molar-refractivity contribution in [1.29, 1.82) is 0 Å². The van der Waals surface area contributed by atoms with Crippen molar-refractivity contribution >= 4 is 0 Å². The maximum Gasteiger partial charge on any atom is 0.102 e. The van der Waals surface area contributed by atoms with Gasteiger partial charge in [-0.3, -0.25) is 4.84 Å². The van der Waals surface area contributed by atoms with E-state index in [1.54, 1.807) is 0 Å². The molecule has 0 unspecified atom stereocenters. The van der Waals surface area contributed by atoms with Crippen LogP contribution < -0.4 is 0 Å². The molecule has 0 radical (unpaired) electrons. The highest BCUT2D eigenvalue weighted by molar-refractivity contribution is 5.20. The summed E-state index contributed by atoms with van der Waals surface area (Å²) in [7, 11) is 0. The van der Waals surface area contributed by atoms with Gasteiger partial charge in [0.05, 0.1) is 6.04 Å². The van der Waals surface area contributed by atoms with Gasteiger partial charge < -0.3 is 0 Å². The van der Waals surface area contributed by atoms with Crippen LogP contribution in [0.2, 0.25) is 0 Å². The molecule has 0 heterocycles. The van der Waals surface area contributed by atoms with Gasteiger partial charge in [-0.15, -0.1) is 0 Å². The molecule has 0 amide bonds. The minimum Gasteiger partial charge on any atom is -0.290 e. The Kier molecular flexibility index (Phi) is 6.20. The minimum atomic E-state index is -0.103. The molecule has 0 fully saturated rings. The van der Waals surface area contributed by atoms with Crippen molar-refractivity contribution in [3.8, 4) is 0 Å². The second kappa shape index (κ2) is 7.96. The van der Waals surface area contributed by atoms with Crippen LogP contribution in [0.25, 0.3) is 0 Å². The first-order valence-electron chi connectivity index (χ1n) is 8.86. The Morgan fingerprint density at radius 1 is 0.750 bits per heavy atom. The van der Waals surface area contributed by atoms with E-state index < -0.39 is 0 Å². The molecule has 0 aliphatic carbocycles. The average molecular weight is 325 g/mol. The minimum absolute atomic E-state index is 0.00962. The predicted molar refractivity (Wildman–Crippen MR) is 102 cm³/mol. The molecule has 0 bridgehead atoms. The van der Waals surface area contributed by atoms with E-state index in [1.165, 1.54) is 11.1 Å². The topological polar surface area (TPSA) is 12.5 Å². The summed E-state index contributed by atoms with van der Waals surface area (Å²) in [6.07, 6.45) is 0.00962. The SMILES string of the molecule is CC(C)[C@@H](c1ccccc1)N(O[C@H](C)c1ccccc1)C(C)(C)C. The van der Waals surface area contributed by atoms with Gasteiger partial charge in [0.25, 0.3) is 0 Å². The van der Waals surface area contributed by atoms with Gasteiger partial charge in [0.2, 0.25) is 0 Å². The van der Waals surface area contributed by atoms with Crippen LogP contribution in [0.15, 0.2) is 60.7 Å². The average Bonchev–Trinajstić information content (AvgIpc) is 2.55. The van der Waals surface area contributed by atoms with Gasteiger partial charge in [-0.1, -0.05) is 74.5 Å². The molecule has 2 atom stereocenters. The van der Waals surface area contributed by atoms with Crippen molar-refractivity contribution in [3.63, 3.8) is 0 Å². The van der Waals surface area contributed by atoms with E-state index in [4.69, 9.17) is 4.84 Å². The highest BCUT2D eigenvalue weighted by Crippen LogP contribution is 2.36. The normalized spacial score (nSPS) is 14.8. The van der Waals surface area contributed by atoms with Crippen LogP contribution in [0.3, 0.4) is 0 Å². The highest BCUT2D eigenvalue weighted by Gasteiger charge is 2.34. The van der Waals surface area contributed by atoms with Crippen molar-refractivity contribution in [2.75, 3.05) is 0 Å². The first-order chi connectivity index (χ1) is 11.3. The first-order valence-corrected chi connectivity index (χ1v) is 8.86. The Morgan fingerprint density at radius 3 is 1.62 bits per heavy atom. The van der Waals surface area contributed by atoms with Gasteiger partial charge in [0.15, 0.2) is 0 Å². The number of nitrogens with zero attached hydrogens (tertiary/aromatic N) is 1. The second-order valence-corrected chi connectivity index (χ2v) is 7.75. The highest BCUT2D eigenvalue weighted by atomic mass is 16.7. The summed E-state index contributed by atoms with van der Waals surface area (Å²) in [4.78, 5) is 6.51. The van der Waals surface area contributed by atoms with Crippen molar-refractivity contribution in [1.82, 2.24) is 5.06 Å². The van der Waals surface area contributed by atoms with Crippen LogP contribution in [-0.4, -0.2) is 10.6 Å². The third-order valence-electron chi connectivity index (χ3n) is 4.23. The third kappa shape index (κ3) is 4.68. The molecular formula is C22H31NO. The van der Waals surface area contributed by atoms with Crippen LogP contribution in [0.4, 0.5) is 0 Å². The molecule has 2 aromatic carbocycles. The van der Waals surface area contributed by atoms with Crippen molar-refractivity contribution in [3.05, 3.63) is 71.8 Å². The van der Waals surface area contributed by atoms with E-state index in [1.807, 2.05) is 6.07 Å². The molecule has 0 aliphatic rings. The van der Waals surface area contributed by atoms with Crippen LogP contribution >= 0.6 is 0 Å². The lowest BCUT2D eigenvalue weighted by molar-refractivity contribution is -0.272. The number of hydroxylamine groups is 2. The molecule has 0 aliphatic heterocycles. The molecule has 0 saturated heterocycles. The third-order valence-corrected chi connectivity index (χ3v) is 4.23. The summed E-state index contributed by atoms with van der Waals surface area (Å²) in [5.41, 5.74) is 2.39. The lowest BCUT2D eigenvalue weighted by atomic mass is 9.92. The molecule has 24 heavy (non-hydrogen) atoms. The number of rotatable bonds is 6. The summed E-state index contributed by atoms with van der Waals surface area (Å²) in [5, 5.41) is 2.19. The summed E-state index contributed by atoms with van der Waals surface area (Å²) >= 11 is 0. The van der Waals surface area contributed by atoms with E-state index >= 15 is 0 Å². The van der Waals surface area contributed by atoms with Gasteiger partial charge in [-0.25, -0.2) is 0 Å². The van der Waals surface area contributed by atoms with Gasteiger partial charge in [0, 0.05) is 5.54 Å². The molecule has 2 aromatic rings.